The Bertz CT molecular complexity index is 369. The molecule has 0 saturated carbocycles. The van der Waals surface area contributed by atoms with E-state index in [2.05, 4.69) is 4.74 Å². The molecule has 2 nitrogen and oxygen atoms in total. The van der Waals surface area contributed by atoms with Crippen molar-refractivity contribution in [3.63, 3.8) is 0 Å². The molecule has 0 heterocycles. The molecule has 1 aromatic carbocycles. The Balaban J connectivity index is 2.78. The Labute approximate surface area is 92.5 Å². The molecule has 0 radical (unpaired) electrons. The molecule has 0 aliphatic heterocycles. The van der Waals surface area contributed by atoms with E-state index in [1.807, 2.05) is 6.92 Å². The predicted octanol–water partition coefficient (Wildman–Crippen LogP) is 3.28. The van der Waals surface area contributed by atoms with E-state index in [0.717, 1.165) is 11.8 Å². The van der Waals surface area contributed by atoms with E-state index >= 15 is 0 Å². The Morgan fingerprint density at radius 2 is 2.00 bits per heavy atom. The summed E-state index contributed by atoms with van der Waals surface area (Å²) in [6, 6.07) is 6.12. The summed E-state index contributed by atoms with van der Waals surface area (Å²) in [5.74, 6) is 0.108. The van der Waals surface area contributed by atoms with Crippen LogP contribution in [-0.4, -0.2) is 12.9 Å². The normalized spacial score (nSPS) is 11.6. The minimum absolute atomic E-state index is 0.108. The van der Waals surface area contributed by atoms with E-state index < -0.39 is 6.61 Å². The molecule has 0 spiro atoms. The zero-order chi connectivity index (χ0) is 12.0. The van der Waals surface area contributed by atoms with Crippen molar-refractivity contribution >= 4 is 12.4 Å². The fourth-order valence-corrected chi connectivity index (χ4v) is 1.18. The van der Waals surface area contributed by atoms with E-state index in [9.17, 15) is 13.6 Å². The van der Waals surface area contributed by atoms with Gasteiger partial charge in [-0.25, -0.2) is 0 Å². The van der Waals surface area contributed by atoms with Crippen molar-refractivity contribution in [3.8, 4) is 5.75 Å². The fourth-order valence-electron chi connectivity index (χ4n) is 1.18. The maximum atomic E-state index is 11.9. The summed E-state index contributed by atoms with van der Waals surface area (Å²) in [6.45, 7) is -0.948. The summed E-state index contributed by atoms with van der Waals surface area (Å²) < 4.78 is 27.9. The molecule has 0 amide bonds. The molecule has 0 unspecified atom stereocenters. The number of halogens is 2. The van der Waals surface area contributed by atoms with Crippen molar-refractivity contribution in [2.75, 3.05) is 0 Å². The average molecular weight is 226 g/mol. The van der Waals surface area contributed by atoms with E-state index in [1.165, 1.54) is 12.1 Å². The number of ether oxygens (including phenoxy) is 1. The van der Waals surface area contributed by atoms with Crippen molar-refractivity contribution < 1.29 is 18.3 Å². The first kappa shape index (κ1) is 12.4. The van der Waals surface area contributed by atoms with Crippen LogP contribution in [0.15, 0.2) is 29.8 Å². The van der Waals surface area contributed by atoms with Gasteiger partial charge in [0.1, 0.15) is 12.0 Å². The van der Waals surface area contributed by atoms with Crippen molar-refractivity contribution in [3.05, 3.63) is 35.4 Å². The standard InChI is InChI=1S/C12H12F2O2/c1-2-9(8-15)7-10-3-5-11(6-4-10)16-12(13)14/h3-8,12H,2H2,1H3. The number of rotatable bonds is 5. The van der Waals surface area contributed by atoms with Gasteiger partial charge in [0.05, 0.1) is 0 Å². The molecule has 0 bridgehead atoms. The third-order valence-electron chi connectivity index (χ3n) is 2.02. The van der Waals surface area contributed by atoms with E-state index in [0.29, 0.717) is 12.0 Å². The molecule has 0 atom stereocenters. The van der Waals surface area contributed by atoms with Crippen LogP contribution in [0.3, 0.4) is 0 Å². The van der Waals surface area contributed by atoms with Gasteiger partial charge < -0.3 is 4.74 Å². The summed E-state index contributed by atoms with van der Waals surface area (Å²) in [7, 11) is 0. The highest BCUT2D eigenvalue weighted by atomic mass is 19.3. The van der Waals surface area contributed by atoms with Crippen LogP contribution in [0.5, 0.6) is 5.75 Å². The van der Waals surface area contributed by atoms with Crippen molar-refractivity contribution in [2.24, 2.45) is 0 Å². The van der Waals surface area contributed by atoms with Gasteiger partial charge in [-0.2, -0.15) is 8.78 Å². The Morgan fingerprint density at radius 3 is 2.44 bits per heavy atom. The second-order valence-electron chi connectivity index (χ2n) is 3.14. The number of hydrogen-bond donors (Lipinski definition) is 0. The van der Waals surface area contributed by atoms with Gasteiger partial charge in [0, 0.05) is 0 Å². The van der Waals surface area contributed by atoms with Crippen molar-refractivity contribution in [2.45, 2.75) is 20.0 Å². The van der Waals surface area contributed by atoms with Crippen molar-refractivity contribution in [1.29, 1.82) is 0 Å². The van der Waals surface area contributed by atoms with Crippen LogP contribution in [0.1, 0.15) is 18.9 Å². The quantitative estimate of drug-likeness (QED) is 0.569. The van der Waals surface area contributed by atoms with Crippen LogP contribution in [0.4, 0.5) is 8.78 Å². The Kier molecular flexibility index (Phi) is 4.64. The van der Waals surface area contributed by atoms with Gasteiger partial charge in [-0.1, -0.05) is 19.1 Å². The molecule has 86 valence electrons. The maximum absolute atomic E-state index is 11.9. The molecule has 0 aliphatic carbocycles. The van der Waals surface area contributed by atoms with Gasteiger partial charge in [-0.05, 0) is 35.8 Å². The minimum Gasteiger partial charge on any atom is -0.435 e. The molecule has 1 rings (SSSR count). The van der Waals surface area contributed by atoms with Crippen LogP contribution in [0.2, 0.25) is 0 Å². The molecule has 0 aliphatic rings. The molecule has 0 N–H and O–H groups in total. The molecular formula is C12H12F2O2. The number of allylic oxidation sites excluding steroid dienone is 1. The Hall–Kier alpha value is -1.71. The fraction of sp³-hybridized carbons (Fsp3) is 0.250. The molecule has 0 fully saturated rings. The monoisotopic (exact) mass is 226 g/mol. The molecule has 16 heavy (non-hydrogen) atoms. The largest absolute Gasteiger partial charge is 0.435 e. The average Bonchev–Trinajstić information content (AvgIpc) is 2.27. The van der Waals surface area contributed by atoms with E-state index in [4.69, 9.17) is 0 Å². The highest BCUT2D eigenvalue weighted by Crippen LogP contribution is 2.16. The maximum Gasteiger partial charge on any atom is 0.387 e. The summed E-state index contributed by atoms with van der Waals surface area (Å²) in [4.78, 5) is 10.6. The van der Waals surface area contributed by atoms with Crippen LogP contribution < -0.4 is 4.74 Å². The number of alkyl halides is 2. The van der Waals surface area contributed by atoms with E-state index in [1.54, 1.807) is 18.2 Å². The number of carbonyl (C=O) groups is 1. The molecular weight excluding hydrogens is 214 g/mol. The number of carbonyl (C=O) groups excluding carboxylic acids is 1. The molecule has 4 heteroatoms. The lowest BCUT2D eigenvalue weighted by atomic mass is 10.1. The van der Waals surface area contributed by atoms with Crippen molar-refractivity contribution in [1.82, 2.24) is 0 Å². The number of hydrogen-bond acceptors (Lipinski definition) is 2. The number of aldehydes is 1. The highest BCUT2D eigenvalue weighted by molar-refractivity contribution is 5.81. The first-order valence-electron chi connectivity index (χ1n) is 4.86. The number of benzene rings is 1. The van der Waals surface area contributed by atoms with Crippen LogP contribution in [0.25, 0.3) is 6.08 Å². The van der Waals surface area contributed by atoms with Gasteiger partial charge in [-0.3, -0.25) is 4.79 Å². The van der Waals surface area contributed by atoms with Gasteiger partial charge in [-0.15, -0.1) is 0 Å². The summed E-state index contributed by atoms with van der Waals surface area (Å²) >= 11 is 0. The summed E-state index contributed by atoms with van der Waals surface area (Å²) in [6.07, 6.45) is 3.13. The lowest BCUT2D eigenvalue weighted by Crippen LogP contribution is -2.01. The smallest absolute Gasteiger partial charge is 0.387 e. The first-order valence-corrected chi connectivity index (χ1v) is 4.86. The van der Waals surface area contributed by atoms with Crippen LogP contribution in [-0.2, 0) is 4.79 Å². The van der Waals surface area contributed by atoms with Gasteiger partial charge in [0.25, 0.3) is 0 Å². The molecule has 0 aromatic heterocycles. The van der Waals surface area contributed by atoms with Gasteiger partial charge >= 0.3 is 6.61 Å². The molecule has 0 saturated heterocycles. The predicted molar refractivity (Wildman–Crippen MR) is 57.4 cm³/mol. The van der Waals surface area contributed by atoms with Crippen LogP contribution >= 0.6 is 0 Å². The molecule has 1 aromatic rings. The Morgan fingerprint density at radius 1 is 1.38 bits per heavy atom. The van der Waals surface area contributed by atoms with E-state index in [-0.39, 0.29) is 5.75 Å². The minimum atomic E-state index is -2.82. The summed E-state index contributed by atoms with van der Waals surface area (Å²) in [5.41, 5.74) is 1.44. The summed E-state index contributed by atoms with van der Waals surface area (Å²) in [5, 5.41) is 0. The first-order chi connectivity index (χ1) is 7.65. The topological polar surface area (TPSA) is 26.3 Å². The van der Waals surface area contributed by atoms with Crippen LogP contribution in [0, 0.1) is 0 Å². The van der Waals surface area contributed by atoms with Gasteiger partial charge in [0.15, 0.2) is 0 Å². The second-order valence-corrected chi connectivity index (χ2v) is 3.14. The third-order valence-corrected chi connectivity index (χ3v) is 2.02. The second kappa shape index (κ2) is 6.00. The zero-order valence-corrected chi connectivity index (χ0v) is 8.82. The van der Waals surface area contributed by atoms with Gasteiger partial charge in [0.2, 0.25) is 0 Å². The SMILES string of the molecule is CCC(C=O)=Cc1ccc(OC(F)F)cc1. The third kappa shape index (κ3) is 3.81. The lowest BCUT2D eigenvalue weighted by molar-refractivity contribution is -0.104. The zero-order valence-electron chi connectivity index (χ0n) is 8.82. The lowest BCUT2D eigenvalue weighted by Gasteiger charge is -2.04. The highest BCUT2D eigenvalue weighted by Gasteiger charge is 2.03.